The van der Waals surface area contributed by atoms with Crippen LogP contribution in [-0.2, 0) is 27.4 Å². The van der Waals surface area contributed by atoms with E-state index in [-0.39, 0.29) is 19.0 Å². The van der Waals surface area contributed by atoms with Crippen LogP contribution in [0.2, 0.25) is 0 Å². The highest BCUT2D eigenvalue weighted by Crippen LogP contribution is 2.08. The topological polar surface area (TPSA) is 149 Å². The van der Waals surface area contributed by atoms with Crippen molar-refractivity contribution in [3.63, 3.8) is 0 Å². The summed E-state index contributed by atoms with van der Waals surface area (Å²) >= 11 is 0. The fourth-order valence-electron chi connectivity index (χ4n) is 2.58. The van der Waals surface area contributed by atoms with Crippen molar-refractivity contribution >= 4 is 24.0 Å². The maximum Gasteiger partial charge on any atom is 0.413 e. The lowest BCUT2D eigenvalue weighted by atomic mass is 10.2. The first-order valence-corrected chi connectivity index (χ1v) is 9.78. The van der Waals surface area contributed by atoms with Gasteiger partial charge in [-0.1, -0.05) is 30.3 Å². The van der Waals surface area contributed by atoms with Gasteiger partial charge in [0.05, 0.1) is 12.5 Å². The molecule has 11 heteroatoms. The molecule has 0 aliphatic rings. The van der Waals surface area contributed by atoms with Crippen molar-refractivity contribution in [2.24, 2.45) is 0 Å². The first-order chi connectivity index (χ1) is 15.0. The van der Waals surface area contributed by atoms with Crippen molar-refractivity contribution in [2.75, 3.05) is 5.32 Å². The number of hydrogen-bond acceptors (Lipinski definition) is 7. The maximum absolute atomic E-state index is 12.3. The Hall–Kier alpha value is -3.89. The third-order valence-corrected chi connectivity index (χ3v) is 3.88. The van der Waals surface area contributed by atoms with E-state index >= 15 is 0 Å². The number of alkyl carbamates (subject to hydrolysis) is 1. The van der Waals surface area contributed by atoms with E-state index < -0.39 is 41.9 Å². The van der Waals surface area contributed by atoms with Gasteiger partial charge in [-0.25, -0.2) is 14.4 Å². The van der Waals surface area contributed by atoms with Crippen LogP contribution in [0.4, 0.5) is 15.4 Å². The first-order valence-electron chi connectivity index (χ1n) is 9.78. The molecule has 0 aliphatic carbocycles. The predicted octanol–water partition coefficient (Wildman–Crippen LogP) is 2.36. The van der Waals surface area contributed by atoms with Gasteiger partial charge in [0.1, 0.15) is 18.0 Å². The lowest BCUT2D eigenvalue weighted by molar-refractivity contribution is -0.137. The Kier molecular flexibility index (Phi) is 8.33. The van der Waals surface area contributed by atoms with E-state index in [2.05, 4.69) is 15.6 Å². The highest BCUT2D eigenvalue weighted by Gasteiger charge is 2.22. The summed E-state index contributed by atoms with van der Waals surface area (Å²) in [6.07, 6.45) is -0.691. The van der Waals surface area contributed by atoms with E-state index in [0.29, 0.717) is 0 Å². The lowest BCUT2D eigenvalue weighted by Crippen LogP contribution is -2.44. The van der Waals surface area contributed by atoms with E-state index in [4.69, 9.17) is 14.6 Å². The van der Waals surface area contributed by atoms with Crippen LogP contribution in [0.1, 0.15) is 32.8 Å². The van der Waals surface area contributed by atoms with Gasteiger partial charge in [0.2, 0.25) is 0 Å². The molecular weight excluding hydrogens is 420 g/mol. The highest BCUT2D eigenvalue weighted by molar-refractivity contribution is 5.83. The van der Waals surface area contributed by atoms with Gasteiger partial charge in [-0.2, -0.15) is 4.98 Å². The summed E-state index contributed by atoms with van der Waals surface area (Å²) in [5.41, 5.74) is -0.709. The Morgan fingerprint density at radius 3 is 2.41 bits per heavy atom. The molecule has 1 atom stereocenters. The zero-order chi connectivity index (χ0) is 23.7. The monoisotopic (exact) mass is 446 g/mol. The van der Waals surface area contributed by atoms with Gasteiger partial charge < -0.3 is 19.9 Å². The minimum atomic E-state index is -1.16. The molecule has 3 N–H and O–H groups in total. The number of carboxylic acids is 1. The van der Waals surface area contributed by atoms with Gasteiger partial charge in [0.25, 0.3) is 0 Å². The second-order valence-electron chi connectivity index (χ2n) is 7.88. The number of carbonyl (C=O) groups excluding carboxylic acids is 2. The zero-order valence-corrected chi connectivity index (χ0v) is 18.0. The summed E-state index contributed by atoms with van der Waals surface area (Å²) in [6, 6.07) is 9.50. The first kappa shape index (κ1) is 24.4. The van der Waals surface area contributed by atoms with Crippen LogP contribution < -0.4 is 16.3 Å². The number of carbonyl (C=O) groups is 3. The van der Waals surface area contributed by atoms with E-state index in [0.717, 1.165) is 10.1 Å². The van der Waals surface area contributed by atoms with Gasteiger partial charge >= 0.3 is 23.8 Å². The van der Waals surface area contributed by atoms with Crippen molar-refractivity contribution in [3.05, 3.63) is 58.6 Å². The van der Waals surface area contributed by atoms with E-state index in [9.17, 15) is 19.2 Å². The number of carboxylic acid groups (broad SMARTS) is 1. The largest absolute Gasteiger partial charge is 0.481 e. The second-order valence-corrected chi connectivity index (χ2v) is 7.88. The van der Waals surface area contributed by atoms with Gasteiger partial charge in [-0.05, 0) is 32.4 Å². The third kappa shape index (κ3) is 8.86. The van der Waals surface area contributed by atoms with E-state index in [1.54, 1.807) is 32.9 Å². The number of aliphatic carboxylic acids is 1. The zero-order valence-electron chi connectivity index (χ0n) is 18.0. The van der Waals surface area contributed by atoms with Crippen molar-refractivity contribution in [3.8, 4) is 0 Å². The molecule has 1 aromatic carbocycles. The lowest BCUT2D eigenvalue weighted by Gasteiger charge is -2.23. The molecule has 0 radical (unpaired) electrons. The van der Waals surface area contributed by atoms with Gasteiger partial charge in [0.15, 0.2) is 0 Å². The summed E-state index contributed by atoms with van der Waals surface area (Å²) in [4.78, 5) is 51.1. The van der Waals surface area contributed by atoms with Crippen LogP contribution in [0.3, 0.4) is 0 Å². The molecule has 11 nitrogen and oxygen atoms in total. The molecule has 0 saturated heterocycles. The van der Waals surface area contributed by atoms with Crippen LogP contribution in [0.5, 0.6) is 0 Å². The van der Waals surface area contributed by atoms with Crippen molar-refractivity contribution in [1.82, 2.24) is 14.9 Å². The molecule has 172 valence electrons. The summed E-state index contributed by atoms with van der Waals surface area (Å²) < 4.78 is 11.3. The Labute approximate surface area is 184 Å². The standard InChI is InChI=1S/C21H26N4O7/c1-21(2,3)32-20(30)22-15(11-17(26)27)12-25-10-9-16(23-18(25)28)24-19(29)31-13-14-7-5-4-6-8-14/h4-10,15H,11-13H2,1-3H3,(H,22,30)(H,26,27)(H,23,24,28,29)/t15-/m0/s1. The number of nitrogens with zero attached hydrogens (tertiary/aromatic N) is 2. The predicted molar refractivity (Wildman–Crippen MR) is 114 cm³/mol. The number of benzene rings is 1. The van der Waals surface area contributed by atoms with Gasteiger partial charge in [0, 0.05) is 12.7 Å². The maximum atomic E-state index is 12.3. The SMILES string of the molecule is CC(C)(C)OC(=O)N[C@@H](CC(=O)O)Cn1ccc(NC(=O)OCc2ccccc2)nc1=O. The molecule has 2 rings (SSSR count). The average Bonchev–Trinajstić information content (AvgIpc) is 2.67. The molecule has 0 saturated carbocycles. The van der Waals surface area contributed by atoms with Gasteiger partial charge in [-0.3, -0.25) is 14.7 Å². The number of ether oxygens (including phenoxy) is 2. The molecule has 0 fully saturated rings. The van der Waals surface area contributed by atoms with Crippen LogP contribution in [0, 0.1) is 0 Å². The minimum Gasteiger partial charge on any atom is -0.481 e. The molecule has 0 bridgehead atoms. The Balaban J connectivity index is 1.98. The quantitative estimate of drug-likeness (QED) is 0.559. The molecule has 0 aliphatic heterocycles. The Morgan fingerprint density at radius 1 is 1.12 bits per heavy atom. The molecule has 2 aromatic rings. The summed E-state index contributed by atoms with van der Waals surface area (Å²) in [7, 11) is 0. The molecule has 2 amide bonds. The van der Waals surface area contributed by atoms with Crippen molar-refractivity contribution < 1.29 is 29.0 Å². The Bertz CT molecular complexity index is 999. The minimum absolute atomic E-state index is 0.0285. The smallest absolute Gasteiger partial charge is 0.413 e. The fourth-order valence-corrected chi connectivity index (χ4v) is 2.58. The van der Waals surface area contributed by atoms with Crippen LogP contribution >= 0.6 is 0 Å². The molecule has 0 spiro atoms. The van der Waals surface area contributed by atoms with Crippen LogP contribution in [0.15, 0.2) is 47.4 Å². The van der Waals surface area contributed by atoms with E-state index in [1.165, 1.54) is 12.3 Å². The number of nitrogens with one attached hydrogen (secondary N) is 2. The van der Waals surface area contributed by atoms with Crippen molar-refractivity contribution in [1.29, 1.82) is 0 Å². The second kappa shape index (κ2) is 10.9. The fraction of sp³-hybridized carbons (Fsp3) is 0.381. The average molecular weight is 446 g/mol. The van der Waals surface area contributed by atoms with Gasteiger partial charge in [-0.15, -0.1) is 0 Å². The number of hydrogen-bond donors (Lipinski definition) is 3. The highest BCUT2D eigenvalue weighted by atomic mass is 16.6. The Morgan fingerprint density at radius 2 is 1.81 bits per heavy atom. The van der Waals surface area contributed by atoms with E-state index in [1.807, 2.05) is 18.2 Å². The summed E-state index contributed by atoms with van der Waals surface area (Å²) in [5, 5.41) is 13.9. The number of anilines is 1. The number of aromatic nitrogens is 2. The van der Waals surface area contributed by atoms with Crippen molar-refractivity contribution in [2.45, 2.75) is 52.0 Å². The molecular formula is C21H26N4O7. The number of amides is 2. The van der Waals surface area contributed by atoms with Crippen LogP contribution in [-0.4, -0.2) is 44.5 Å². The molecule has 0 unspecified atom stereocenters. The molecule has 1 heterocycles. The number of rotatable bonds is 8. The molecule has 1 aromatic heterocycles. The summed E-state index contributed by atoms with van der Waals surface area (Å²) in [5.74, 6) is -1.19. The van der Waals surface area contributed by atoms with Crippen LogP contribution in [0.25, 0.3) is 0 Å². The normalized spacial score (nSPS) is 11.8. The third-order valence-electron chi connectivity index (χ3n) is 3.88. The molecule has 32 heavy (non-hydrogen) atoms. The summed E-state index contributed by atoms with van der Waals surface area (Å²) in [6.45, 7) is 4.91.